The van der Waals surface area contributed by atoms with Crippen molar-refractivity contribution >= 4 is 17.4 Å². The lowest BCUT2D eigenvalue weighted by molar-refractivity contribution is -0.137. The Bertz CT molecular complexity index is 1080. The molecule has 0 heterocycles. The molecule has 29 heavy (non-hydrogen) atoms. The van der Waals surface area contributed by atoms with E-state index in [1.54, 1.807) is 30.3 Å². The van der Waals surface area contributed by atoms with E-state index in [0.717, 1.165) is 24.3 Å². The Hall–Kier alpha value is -3.26. The first-order valence-corrected chi connectivity index (χ1v) is 8.48. The molecule has 0 atom stereocenters. The first kappa shape index (κ1) is 20.5. The monoisotopic (exact) mass is 424 g/mol. The summed E-state index contributed by atoms with van der Waals surface area (Å²) in [5.74, 6) is -2.48. The molecule has 0 radical (unpaired) electrons. The van der Waals surface area contributed by atoms with Crippen LogP contribution in [0.2, 0.25) is 5.02 Å². The second-order valence-electron chi connectivity index (χ2n) is 6.08. The predicted molar refractivity (Wildman–Crippen MR) is 101 cm³/mol. The summed E-state index contributed by atoms with van der Waals surface area (Å²) in [6.45, 7) is 0. The summed E-state index contributed by atoms with van der Waals surface area (Å²) in [5, 5.41) is 21.1. The number of halogens is 5. The van der Waals surface area contributed by atoms with Crippen molar-refractivity contribution in [1.82, 2.24) is 0 Å². The van der Waals surface area contributed by atoms with E-state index in [1.807, 2.05) is 0 Å². The van der Waals surface area contributed by atoms with Crippen molar-refractivity contribution in [2.24, 2.45) is 10.9 Å². The SMILES string of the molecule is N/C(=N\O)c1cc(C(F)(F)F)cc(-c2cc(F)c(O)c(Cl)c2)c1-c1ccccc1. The third-order valence-corrected chi connectivity index (χ3v) is 4.53. The smallest absolute Gasteiger partial charge is 0.416 e. The number of hydrogen-bond acceptors (Lipinski definition) is 3. The number of rotatable bonds is 3. The van der Waals surface area contributed by atoms with Crippen molar-refractivity contribution < 1.29 is 27.9 Å². The van der Waals surface area contributed by atoms with E-state index in [4.69, 9.17) is 22.5 Å². The van der Waals surface area contributed by atoms with Crippen molar-refractivity contribution in [3.63, 3.8) is 0 Å². The number of hydrogen-bond donors (Lipinski definition) is 3. The van der Waals surface area contributed by atoms with Crippen LogP contribution in [0.5, 0.6) is 5.75 Å². The van der Waals surface area contributed by atoms with Gasteiger partial charge in [-0.05, 0) is 41.0 Å². The van der Waals surface area contributed by atoms with E-state index in [2.05, 4.69) is 5.16 Å². The standard InChI is InChI=1S/C20H13ClF4N2O2/c21-15-6-11(7-16(22)18(15)28)13-8-12(20(23,24)25)9-14(19(26)27-29)17(13)10-4-2-1-3-5-10/h1-9,28-29H,(H2,26,27). The summed E-state index contributed by atoms with van der Waals surface area (Å²) in [4.78, 5) is 0. The fraction of sp³-hybridized carbons (Fsp3) is 0.0500. The third kappa shape index (κ3) is 3.97. The molecule has 0 aromatic heterocycles. The number of amidine groups is 1. The summed E-state index contributed by atoms with van der Waals surface area (Å²) < 4.78 is 54.6. The van der Waals surface area contributed by atoms with E-state index in [9.17, 15) is 22.7 Å². The normalized spacial score (nSPS) is 12.2. The summed E-state index contributed by atoms with van der Waals surface area (Å²) in [6, 6.07) is 11.8. The lowest BCUT2D eigenvalue weighted by atomic mass is 9.88. The molecule has 4 N–H and O–H groups in total. The van der Waals surface area contributed by atoms with Gasteiger partial charge < -0.3 is 16.0 Å². The van der Waals surface area contributed by atoms with Gasteiger partial charge in [0.25, 0.3) is 0 Å². The summed E-state index contributed by atoms with van der Waals surface area (Å²) >= 11 is 5.83. The predicted octanol–water partition coefficient (Wildman–Crippen LogP) is 5.63. The summed E-state index contributed by atoms with van der Waals surface area (Å²) in [7, 11) is 0. The number of phenols is 1. The summed E-state index contributed by atoms with van der Waals surface area (Å²) in [6.07, 6.45) is -4.76. The van der Waals surface area contributed by atoms with Gasteiger partial charge in [0.15, 0.2) is 17.4 Å². The molecule has 4 nitrogen and oxygen atoms in total. The van der Waals surface area contributed by atoms with Crippen molar-refractivity contribution in [2.45, 2.75) is 6.18 Å². The Labute approximate surface area is 167 Å². The zero-order valence-electron chi connectivity index (χ0n) is 14.5. The van der Waals surface area contributed by atoms with Crippen LogP contribution >= 0.6 is 11.6 Å². The first-order chi connectivity index (χ1) is 13.6. The molecule has 0 unspecified atom stereocenters. The average Bonchev–Trinajstić information content (AvgIpc) is 2.70. The maximum Gasteiger partial charge on any atom is 0.416 e. The van der Waals surface area contributed by atoms with Gasteiger partial charge in [-0.25, -0.2) is 4.39 Å². The first-order valence-electron chi connectivity index (χ1n) is 8.10. The van der Waals surface area contributed by atoms with E-state index in [-0.39, 0.29) is 27.3 Å². The minimum absolute atomic E-state index is 0.0257. The van der Waals surface area contributed by atoms with Crippen LogP contribution in [0.4, 0.5) is 17.6 Å². The van der Waals surface area contributed by atoms with E-state index in [1.165, 1.54) is 0 Å². The second kappa shape index (κ2) is 7.63. The van der Waals surface area contributed by atoms with Gasteiger partial charge in [0.1, 0.15) is 0 Å². The maximum atomic E-state index is 14.1. The highest BCUT2D eigenvalue weighted by Crippen LogP contribution is 2.42. The van der Waals surface area contributed by atoms with Gasteiger partial charge in [0.05, 0.1) is 10.6 Å². The van der Waals surface area contributed by atoms with Gasteiger partial charge in [-0.2, -0.15) is 13.2 Å². The minimum Gasteiger partial charge on any atom is -0.504 e. The van der Waals surface area contributed by atoms with Crippen molar-refractivity contribution in [1.29, 1.82) is 0 Å². The van der Waals surface area contributed by atoms with Crippen LogP contribution < -0.4 is 5.73 Å². The molecule has 0 bridgehead atoms. The second-order valence-corrected chi connectivity index (χ2v) is 6.49. The average molecular weight is 425 g/mol. The molecule has 0 aliphatic carbocycles. The molecular formula is C20H13ClF4N2O2. The number of oxime groups is 1. The number of alkyl halides is 3. The number of phenolic OH excluding ortho intramolecular Hbond substituents is 1. The molecule has 0 aliphatic rings. The Kier molecular flexibility index (Phi) is 5.39. The van der Waals surface area contributed by atoms with Gasteiger partial charge >= 0.3 is 6.18 Å². The van der Waals surface area contributed by atoms with Gasteiger partial charge in [-0.15, -0.1) is 0 Å². The molecule has 0 saturated carbocycles. The largest absolute Gasteiger partial charge is 0.504 e. The van der Waals surface area contributed by atoms with E-state index >= 15 is 0 Å². The molecule has 3 aromatic carbocycles. The van der Waals surface area contributed by atoms with Gasteiger partial charge in [0.2, 0.25) is 0 Å². The molecule has 0 saturated heterocycles. The van der Waals surface area contributed by atoms with Crippen LogP contribution in [0.25, 0.3) is 22.3 Å². The zero-order valence-corrected chi connectivity index (χ0v) is 15.3. The summed E-state index contributed by atoms with van der Waals surface area (Å²) in [5.41, 5.74) is 4.92. The van der Waals surface area contributed by atoms with Crippen LogP contribution in [-0.4, -0.2) is 16.1 Å². The molecule has 9 heteroatoms. The molecule has 0 fully saturated rings. The van der Waals surface area contributed by atoms with Crippen LogP contribution in [0.1, 0.15) is 11.1 Å². The Balaban J connectivity index is 2.48. The third-order valence-electron chi connectivity index (χ3n) is 4.24. The van der Waals surface area contributed by atoms with Crippen molar-refractivity contribution in [3.8, 4) is 28.0 Å². The Morgan fingerprint density at radius 2 is 1.66 bits per heavy atom. The lowest BCUT2D eigenvalue weighted by Crippen LogP contribution is -2.17. The fourth-order valence-corrected chi connectivity index (χ4v) is 3.13. The van der Waals surface area contributed by atoms with Gasteiger partial charge in [0, 0.05) is 11.1 Å². The molecule has 3 rings (SSSR count). The Morgan fingerprint density at radius 1 is 1.00 bits per heavy atom. The number of benzene rings is 3. The number of nitrogens with zero attached hydrogens (tertiary/aromatic N) is 1. The van der Waals surface area contributed by atoms with E-state index < -0.39 is 29.1 Å². The molecule has 0 spiro atoms. The maximum absolute atomic E-state index is 14.1. The number of nitrogens with two attached hydrogens (primary N) is 1. The molecule has 0 amide bonds. The fourth-order valence-electron chi connectivity index (χ4n) is 2.93. The minimum atomic E-state index is -4.76. The van der Waals surface area contributed by atoms with Gasteiger partial charge in [-0.1, -0.05) is 47.1 Å². The molecule has 0 aliphatic heterocycles. The topological polar surface area (TPSA) is 78.8 Å². The molecule has 150 valence electrons. The highest BCUT2D eigenvalue weighted by molar-refractivity contribution is 6.32. The molecular weight excluding hydrogens is 412 g/mol. The van der Waals surface area contributed by atoms with Crippen LogP contribution in [0.3, 0.4) is 0 Å². The van der Waals surface area contributed by atoms with E-state index in [0.29, 0.717) is 5.56 Å². The number of aromatic hydroxyl groups is 1. The van der Waals surface area contributed by atoms with Crippen LogP contribution in [0.15, 0.2) is 59.8 Å². The molecule has 3 aromatic rings. The quantitative estimate of drug-likeness (QED) is 0.167. The van der Waals surface area contributed by atoms with Gasteiger partial charge in [-0.3, -0.25) is 0 Å². The lowest BCUT2D eigenvalue weighted by Gasteiger charge is -2.19. The highest BCUT2D eigenvalue weighted by Gasteiger charge is 2.33. The Morgan fingerprint density at radius 3 is 2.21 bits per heavy atom. The van der Waals surface area contributed by atoms with Crippen LogP contribution in [0, 0.1) is 5.82 Å². The zero-order chi connectivity index (χ0) is 21.3. The van der Waals surface area contributed by atoms with Crippen molar-refractivity contribution in [3.05, 3.63) is 76.6 Å². The van der Waals surface area contributed by atoms with Crippen molar-refractivity contribution in [2.75, 3.05) is 0 Å². The van der Waals surface area contributed by atoms with Crippen LogP contribution in [-0.2, 0) is 6.18 Å². The highest BCUT2D eigenvalue weighted by atomic mass is 35.5.